The van der Waals surface area contributed by atoms with Gasteiger partial charge in [0.2, 0.25) is 0 Å². The van der Waals surface area contributed by atoms with Gasteiger partial charge in [0.15, 0.2) is 0 Å². The molecule has 0 N–H and O–H groups in total. The summed E-state index contributed by atoms with van der Waals surface area (Å²) in [7, 11) is 0. The van der Waals surface area contributed by atoms with E-state index in [-0.39, 0.29) is 5.41 Å². The van der Waals surface area contributed by atoms with Gasteiger partial charge in [-0.15, -0.1) is 11.6 Å². The molecule has 1 heterocycles. The Morgan fingerprint density at radius 1 is 1.47 bits per heavy atom. The molecule has 0 aliphatic carbocycles. The van der Waals surface area contributed by atoms with Gasteiger partial charge in [0, 0.05) is 17.9 Å². The normalized spacial score (nSPS) is 25.7. The molecular weight excluding hydrogens is 208 g/mol. The Morgan fingerprint density at radius 3 is 2.93 bits per heavy atom. The molecule has 1 nitrogen and oxygen atoms in total. The molecule has 1 saturated heterocycles. The van der Waals surface area contributed by atoms with Crippen LogP contribution in [-0.2, 0) is 11.2 Å². The van der Waals surface area contributed by atoms with E-state index in [9.17, 15) is 0 Å². The number of halogens is 1. The Balaban J connectivity index is 2.12. The predicted molar refractivity (Wildman–Crippen MR) is 63.5 cm³/mol. The average Bonchev–Trinajstić information content (AvgIpc) is 2.67. The molecule has 1 fully saturated rings. The van der Waals surface area contributed by atoms with Crippen molar-refractivity contribution >= 4 is 11.6 Å². The Hall–Kier alpha value is -0.530. The summed E-state index contributed by atoms with van der Waals surface area (Å²) in [4.78, 5) is 0. The van der Waals surface area contributed by atoms with Gasteiger partial charge in [-0.25, -0.2) is 0 Å². The summed E-state index contributed by atoms with van der Waals surface area (Å²) in [6.45, 7) is 3.80. The molecule has 1 atom stereocenters. The number of hydrogen-bond acceptors (Lipinski definition) is 1. The molecule has 2 rings (SSSR count). The highest BCUT2D eigenvalue weighted by Gasteiger charge is 2.34. The van der Waals surface area contributed by atoms with Crippen molar-refractivity contribution in [1.29, 1.82) is 0 Å². The van der Waals surface area contributed by atoms with Crippen molar-refractivity contribution in [1.82, 2.24) is 0 Å². The van der Waals surface area contributed by atoms with Crippen molar-refractivity contribution in [3.63, 3.8) is 0 Å². The highest BCUT2D eigenvalue weighted by Crippen LogP contribution is 2.33. The van der Waals surface area contributed by atoms with Crippen LogP contribution in [-0.4, -0.2) is 19.1 Å². The number of benzene rings is 1. The molecule has 1 aliphatic heterocycles. The number of aryl methyl sites for hydroxylation is 1. The van der Waals surface area contributed by atoms with E-state index >= 15 is 0 Å². The fourth-order valence-corrected chi connectivity index (χ4v) is 2.50. The summed E-state index contributed by atoms with van der Waals surface area (Å²) >= 11 is 6.07. The molecule has 2 heteroatoms. The highest BCUT2D eigenvalue weighted by molar-refractivity contribution is 6.18. The van der Waals surface area contributed by atoms with Crippen LogP contribution in [0.4, 0.5) is 0 Å². The third-order valence-electron chi connectivity index (χ3n) is 3.13. The maximum absolute atomic E-state index is 6.07. The highest BCUT2D eigenvalue weighted by atomic mass is 35.5. The summed E-state index contributed by atoms with van der Waals surface area (Å²) in [5, 5.41) is 0. The van der Waals surface area contributed by atoms with Gasteiger partial charge < -0.3 is 4.74 Å². The molecule has 1 aromatic rings. The van der Waals surface area contributed by atoms with Gasteiger partial charge in [-0.05, 0) is 25.3 Å². The van der Waals surface area contributed by atoms with Crippen LogP contribution in [0.25, 0.3) is 0 Å². The zero-order valence-corrected chi connectivity index (χ0v) is 9.89. The van der Waals surface area contributed by atoms with Crippen LogP contribution < -0.4 is 0 Å². The second-order valence-electron chi connectivity index (χ2n) is 4.60. The van der Waals surface area contributed by atoms with Crippen LogP contribution in [0.2, 0.25) is 0 Å². The van der Waals surface area contributed by atoms with Crippen LogP contribution in [0.3, 0.4) is 0 Å². The van der Waals surface area contributed by atoms with E-state index in [0.717, 1.165) is 26.1 Å². The minimum absolute atomic E-state index is 0.176. The molecule has 1 aliphatic rings. The van der Waals surface area contributed by atoms with Crippen LogP contribution >= 0.6 is 11.6 Å². The van der Waals surface area contributed by atoms with Gasteiger partial charge in [-0.2, -0.15) is 0 Å². The molecule has 1 unspecified atom stereocenters. The summed E-state index contributed by atoms with van der Waals surface area (Å²) in [5.74, 6) is 0.695. The lowest BCUT2D eigenvalue weighted by molar-refractivity contribution is 0.161. The maximum Gasteiger partial charge on any atom is 0.0537 e. The largest absolute Gasteiger partial charge is 0.381 e. The van der Waals surface area contributed by atoms with E-state index in [4.69, 9.17) is 16.3 Å². The molecule has 0 radical (unpaired) electrons. The lowest BCUT2D eigenvalue weighted by Gasteiger charge is -2.24. The van der Waals surface area contributed by atoms with Crippen LogP contribution in [0, 0.1) is 12.3 Å². The summed E-state index contributed by atoms with van der Waals surface area (Å²) < 4.78 is 5.47. The Bertz CT molecular complexity index is 329. The zero-order chi connectivity index (χ0) is 10.7. The van der Waals surface area contributed by atoms with Crippen LogP contribution in [0.15, 0.2) is 24.3 Å². The van der Waals surface area contributed by atoms with E-state index in [2.05, 4.69) is 31.2 Å². The molecule has 0 bridgehead atoms. The van der Waals surface area contributed by atoms with E-state index < -0.39 is 0 Å². The number of alkyl halides is 1. The monoisotopic (exact) mass is 224 g/mol. The quantitative estimate of drug-likeness (QED) is 0.717. The fourth-order valence-electron chi connectivity index (χ4n) is 2.20. The number of rotatable bonds is 3. The standard InChI is InChI=1S/C13H17ClO/c1-11-3-2-4-12(7-11)8-13(9-14)5-6-15-10-13/h2-4,7H,5-6,8-10H2,1H3. The van der Waals surface area contributed by atoms with Gasteiger partial charge >= 0.3 is 0 Å². The van der Waals surface area contributed by atoms with E-state index in [1.807, 2.05) is 0 Å². The lowest BCUT2D eigenvalue weighted by Crippen LogP contribution is -2.26. The smallest absolute Gasteiger partial charge is 0.0537 e. The van der Waals surface area contributed by atoms with Gasteiger partial charge in [0.05, 0.1) is 6.61 Å². The van der Waals surface area contributed by atoms with Crippen molar-refractivity contribution in [2.24, 2.45) is 5.41 Å². The van der Waals surface area contributed by atoms with Gasteiger partial charge in [-0.1, -0.05) is 29.8 Å². The first-order valence-corrected chi connectivity index (χ1v) is 5.97. The summed E-state index contributed by atoms with van der Waals surface area (Å²) in [6.07, 6.45) is 2.13. The molecule has 0 saturated carbocycles. The second kappa shape index (κ2) is 4.54. The van der Waals surface area contributed by atoms with Gasteiger partial charge in [-0.3, -0.25) is 0 Å². The molecule has 0 aromatic heterocycles. The van der Waals surface area contributed by atoms with Crippen LogP contribution in [0.1, 0.15) is 17.5 Å². The van der Waals surface area contributed by atoms with Crippen molar-refractivity contribution in [2.75, 3.05) is 19.1 Å². The molecule has 1 aromatic carbocycles. The first-order valence-electron chi connectivity index (χ1n) is 5.43. The maximum atomic E-state index is 6.07. The summed E-state index contributed by atoms with van der Waals surface area (Å²) in [5.41, 5.74) is 2.87. The topological polar surface area (TPSA) is 9.23 Å². The first-order chi connectivity index (χ1) is 7.24. The molecule has 15 heavy (non-hydrogen) atoms. The fraction of sp³-hybridized carbons (Fsp3) is 0.538. The average molecular weight is 225 g/mol. The third-order valence-corrected chi connectivity index (χ3v) is 3.70. The van der Waals surface area contributed by atoms with Crippen molar-refractivity contribution < 1.29 is 4.74 Å². The minimum Gasteiger partial charge on any atom is -0.381 e. The van der Waals surface area contributed by atoms with Crippen molar-refractivity contribution in [3.8, 4) is 0 Å². The van der Waals surface area contributed by atoms with E-state index in [1.165, 1.54) is 11.1 Å². The molecule has 0 spiro atoms. The number of ether oxygens (including phenoxy) is 1. The van der Waals surface area contributed by atoms with E-state index in [0.29, 0.717) is 5.88 Å². The predicted octanol–water partition coefficient (Wildman–Crippen LogP) is 3.18. The first kappa shape index (κ1) is 11.0. The molecule has 0 amide bonds. The minimum atomic E-state index is 0.176. The summed E-state index contributed by atoms with van der Waals surface area (Å²) in [6, 6.07) is 8.66. The van der Waals surface area contributed by atoms with Gasteiger partial charge in [0.25, 0.3) is 0 Å². The number of hydrogen-bond donors (Lipinski definition) is 0. The Morgan fingerprint density at radius 2 is 2.33 bits per heavy atom. The van der Waals surface area contributed by atoms with E-state index in [1.54, 1.807) is 0 Å². The molecule has 82 valence electrons. The molecular formula is C13H17ClO. The third kappa shape index (κ3) is 2.53. The Kier molecular flexibility index (Phi) is 3.32. The van der Waals surface area contributed by atoms with Crippen molar-refractivity contribution in [3.05, 3.63) is 35.4 Å². The zero-order valence-electron chi connectivity index (χ0n) is 9.13. The SMILES string of the molecule is Cc1cccc(CC2(CCl)CCOC2)c1. The van der Waals surface area contributed by atoms with Crippen LogP contribution in [0.5, 0.6) is 0 Å². The van der Waals surface area contributed by atoms with Crippen molar-refractivity contribution in [2.45, 2.75) is 19.8 Å². The lowest BCUT2D eigenvalue weighted by atomic mass is 9.82. The van der Waals surface area contributed by atoms with Gasteiger partial charge in [0.1, 0.15) is 0 Å². The Labute approximate surface area is 96.4 Å². The second-order valence-corrected chi connectivity index (χ2v) is 4.87.